The SMILES string of the molecule is COc1ccccc1CCC(=O)N(C)Cc1nc(C)c2ccccc2n1. The maximum Gasteiger partial charge on any atom is 0.223 e. The molecular formula is C21H23N3O2. The van der Waals surface area contributed by atoms with Crippen LogP contribution in [-0.2, 0) is 17.8 Å². The summed E-state index contributed by atoms with van der Waals surface area (Å²) >= 11 is 0. The molecule has 134 valence electrons. The lowest BCUT2D eigenvalue weighted by molar-refractivity contribution is -0.130. The molecule has 5 heteroatoms. The van der Waals surface area contributed by atoms with Crippen LogP contribution in [0.3, 0.4) is 0 Å². The first-order valence-electron chi connectivity index (χ1n) is 8.66. The number of methoxy groups -OCH3 is 1. The van der Waals surface area contributed by atoms with Crippen LogP contribution in [0.25, 0.3) is 10.9 Å². The molecule has 0 aliphatic carbocycles. The van der Waals surface area contributed by atoms with Crippen molar-refractivity contribution >= 4 is 16.8 Å². The summed E-state index contributed by atoms with van der Waals surface area (Å²) in [5.41, 5.74) is 2.87. The van der Waals surface area contributed by atoms with Crippen molar-refractivity contribution in [3.63, 3.8) is 0 Å². The van der Waals surface area contributed by atoms with Crippen LogP contribution < -0.4 is 4.74 Å². The molecule has 26 heavy (non-hydrogen) atoms. The zero-order valence-corrected chi connectivity index (χ0v) is 15.4. The third-order valence-corrected chi connectivity index (χ3v) is 4.45. The molecular weight excluding hydrogens is 326 g/mol. The van der Waals surface area contributed by atoms with Crippen molar-refractivity contribution in [3.8, 4) is 5.75 Å². The number of hydrogen-bond donors (Lipinski definition) is 0. The van der Waals surface area contributed by atoms with E-state index in [9.17, 15) is 4.79 Å². The molecule has 0 radical (unpaired) electrons. The second-order valence-corrected chi connectivity index (χ2v) is 6.30. The highest BCUT2D eigenvalue weighted by molar-refractivity contribution is 5.80. The molecule has 5 nitrogen and oxygen atoms in total. The van der Waals surface area contributed by atoms with Gasteiger partial charge in [0.05, 0.1) is 19.2 Å². The van der Waals surface area contributed by atoms with Gasteiger partial charge in [-0.25, -0.2) is 9.97 Å². The minimum Gasteiger partial charge on any atom is -0.496 e. The first-order chi connectivity index (χ1) is 12.6. The normalized spacial score (nSPS) is 10.7. The molecule has 1 amide bonds. The van der Waals surface area contributed by atoms with Gasteiger partial charge in [0.15, 0.2) is 0 Å². The number of nitrogens with zero attached hydrogens (tertiary/aromatic N) is 3. The van der Waals surface area contributed by atoms with Crippen molar-refractivity contribution in [2.45, 2.75) is 26.3 Å². The molecule has 0 N–H and O–H groups in total. The lowest BCUT2D eigenvalue weighted by Gasteiger charge is -2.17. The van der Waals surface area contributed by atoms with Gasteiger partial charge in [0.1, 0.15) is 11.6 Å². The van der Waals surface area contributed by atoms with E-state index in [4.69, 9.17) is 4.74 Å². The second-order valence-electron chi connectivity index (χ2n) is 6.30. The Morgan fingerprint density at radius 3 is 2.62 bits per heavy atom. The fourth-order valence-corrected chi connectivity index (χ4v) is 3.01. The summed E-state index contributed by atoms with van der Waals surface area (Å²) in [5.74, 6) is 1.54. The van der Waals surface area contributed by atoms with Crippen LogP contribution in [-0.4, -0.2) is 34.9 Å². The molecule has 0 fully saturated rings. The van der Waals surface area contributed by atoms with Gasteiger partial charge in [-0.3, -0.25) is 4.79 Å². The van der Waals surface area contributed by atoms with Crippen LogP contribution >= 0.6 is 0 Å². The molecule has 0 spiro atoms. The number of amides is 1. The maximum atomic E-state index is 12.5. The molecule has 0 bridgehead atoms. The van der Waals surface area contributed by atoms with Crippen LogP contribution in [0.4, 0.5) is 0 Å². The first kappa shape index (κ1) is 17.9. The van der Waals surface area contributed by atoms with Crippen molar-refractivity contribution in [3.05, 3.63) is 65.6 Å². The van der Waals surface area contributed by atoms with Crippen molar-refractivity contribution in [2.24, 2.45) is 0 Å². The van der Waals surface area contributed by atoms with E-state index >= 15 is 0 Å². The maximum absolute atomic E-state index is 12.5. The predicted molar refractivity (Wildman–Crippen MR) is 102 cm³/mol. The number of aryl methyl sites for hydroxylation is 2. The van der Waals surface area contributed by atoms with Gasteiger partial charge in [-0.05, 0) is 31.0 Å². The van der Waals surface area contributed by atoms with Crippen LogP contribution in [0, 0.1) is 6.92 Å². The summed E-state index contributed by atoms with van der Waals surface area (Å²) in [5, 5.41) is 1.04. The third kappa shape index (κ3) is 3.99. The minimum atomic E-state index is 0.0605. The van der Waals surface area contributed by atoms with Gasteiger partial charge in [-0.1, -0.05) is 36.4 Å². The van der Waals surface area contributed by atoms with Crippen LogP contribution in [0.1, 0.15) is 23.5 Å². The van der Waals surface area contributed by atoms with Gasteiger partial charge in [0.25, 0.3) is 0 Å². The van der Waals surface area contributed by atoms with E-state index < -0.39 is 0 Å². The molecule has 3 rings (SSSR count). The zero-order chi connectivity index (χ0) is 18.5. The second kappa shape index (κ2) is 7.95. The summed E-state index contributed by atoms with van der Waals surface area (Å²) in [6, 6.07) is 15.7. The van der Waals surface area contributed by atoms with Crippen molar-refractivity contribution in [1.82, 2.24) is 14.9 Å². The van der Waals surface area contributed by atoms with E-state index in [1.807, 2.05) is 55.5 Å². The Morgan fingerprint density at radius 1 is 1.08 bits per heavy atom. The van der Waals surface area contributed by atoms with Crippen molar-refractivity contribution < 1.29 is 9.53 Å². The molecule has 1 aromatic heterocycles. The highest BCUT2D eigenvalue weighted by atomic mass is 16.5. The fraction of sp³-hybridized carbons (Fsp3) is 0.286. The average Bonchev–Trinajstić information content (AvgIpc) is 2.66. The Bertz CT molecular complexity index is 924. The molecule has 2 aromatic carbocycles. The van der Waals surface area contributed by atoms with Crippen LogP contribution in [0.15, 0.2) is 48.5 Å². The van der Waals surface area contributed by atoms with Crippen LogP contribution in [0.5, 0.6) is 5.75 Å². The molecule has 0 aliphatic rings. The Morgan fingerprint density at radius 2 is 1.81 bits per heavy atom. The molecule has 1 heterocycles. The molecule has 0 saturated carbocycles. The van der Waals surface area contributed by atoms with Gasteiger partial charge in [-0.2, -0.15) is 0 Å². The molecule has 0 atom stereocenters. The smallest absolute Gasteiger partial charge is 0.223 e. The number of benzene rings is 2. The standard InChI is InChI=1S/C21H23N3O2/c1-15-17-9-5-6-10-18(17)23-20(22-15)14-24(2)21(25)13-12-16-8-4-7-11-19(16)26-3/h4-11H,12-14H2,1-3H3. The lowest BCUT2D eigenvalue weighted by Crippen LogP contribution is -2.27. The summed E-state index contributed by atoms with van der Waals surface area (Å²) in [7, 11) is 3.44. The summed E-state index contributed by atoms with van der Waals surface area (Å²) in [6.45, 7) is 2.37. The monoisotopic (exact) mass is 349 g/mol. The van der Waals surface area contributed by atoms with Crippen molar-refractivity contribution in [1.29, 1.82) is 0 Å². The van der Waals surface area contributed by atoms with Gasteiger partial charge in [0.2, 0.25) is 5.91 Å². The fourth-order valence-electron chi connectivity index (χ4n) is 3.01. The average molecular weight is 349 g/mol. The zero-order valence-electron chi connectivity index (χ0n) is 15.4. The van der Waals surface area contributed by atoms with Crippen molar-refractivity contribution in [2.75, 3.05) is 14.2 Å². The highest BCUT2D eigenvalue weighted by Crippen LogP contribution is 2.19. The molecule has 0 unspecified atom stereocenters. The largest absolute Gasteiger partial charge is 0.496 e. The molecule has 3 aromatic rings. The van der Waals surface area contributed by atoms with Gasteiger partial charge < -0.3 is 9.64 Å². The quantitative estimate of drug-likeness (QED) is 0.683. The number of ether oxygens (including phenoxy) is 1. The number of carbonyl (C=O) groups is 1. The Labute approximate surface area is 153 Å². The van der Waals surface area contributed by atoms with E-state index in [0.717, 1.165) is 27.9 Å². The number of carbonyl (C=O) groups excluding carboxylic acids is 1. The van der Waals surface area contributed by atoms with E-state index in [1.165, 1.54) is 0 Å². The number of aromatic nitrogens is 2. The molecule has 0 aliphatic heterocycles. The third-order valence-electron chi connectivity index (χ3n) is 4.45. The van der Waals surface area contributed by atoms with E-state index in [0.29, 0.717) is 25.2 Å². The van der Waals surface area contributed by atoms with Gasteiger partial charge in [0, 0.05) is 24.5 Å². The molecule has 0 saturated heterocycles. The number of hydrogen-bond acceptors (Lipinski definition) is 4. The van der Waals surface area contributed by atoms with Gasteiger partial charge >= 0.3 is 0 Å². The lowest BCUT2D eigenvalue weighted by atomic mass is 10.1. The Balaban J connectivity index is 1.66. The Hall–Kier alpha value is -2.95. The Kier molecular flexibility index (Phi) is 5.46. The summed E-state index contributed by atoms with van der Waals surface area (Å²) < 4.78 is 5.34. The van der Waals surface area contributed by atoms with E-state index in [-0.39, 0.29) is 5.91 Å². The minimum absolute atomic E-state index is 0.0605. The topological polar surface area (TPSA) is 55.3 Å². The summed E-state index contributed by atoms with van der Waals surface area (Å²) in [4.78, 5) is 23.3. The number of rotatable bonds is 6. The van der Waals surface area contributed by atoms with E-state index in [1.54, 1.807) is 19.1 Å². The summed E-state index contributed by atoms with van der Waals surface area (Å²) in [6.07, 6.45) is 1.06. The van der Waals surface area contributed by atoms with Crippen LogP contribution in [0.2, 0.25) is 0 Å². The number of fused-ring (bicyclic) bond motifs is 1. The highest BCUT2D eigenvalue weighted by Gasteiger charge is 2.13. The van der Waals surface area contributed by atoms with Gasteiger partial charge in [-0.15, -0.1) is 0 Å². The van der Waals surface area contributed by atoms with E-state index in [2.05, 4.69) is 9.97 Å². The number of para-hydroxylation sites is 2. The first-order valence-corrected chi connectivity index (χ1v) is 8.66. The predicted octanol–water partition coefficient (Wildman–Crippen LogP) is 3.54.